The molecule has 0 unspecified atom stereocenters. The van der Waals surface area contributed by atoms with Crippen molar-refractivity contribution in [2.45, 2.75) is 117 Å². The molecule has 7 N–H and O–H groups in total. The number of carbonyl (C=O) groups is 5. The summed E-state index contributed by atoms with van der Waals surface area (Å²) >= 11 is 1.57. The van der Waals surface area contributed by atoms with Crippen LogP contribution in [-0.2, 0) is 32.8 Å². The monoisotopic (exact) mass is 1060 g/mol. The van der Waals surface area contributed by atoms with Gasteiger partial charge in [0.15, 0.2) is 23.1 Å². The number of amides is 5. The molecule has 22 heteroatoms. The van der Waals surface area contributed by atoms with Gasteiger partial charge >= 0.3 is 0 Å². The number of ether oxygens (including phenoxy) is 1. The number of benzene rings is 2. The summed E-state index contributed by atoms with van der Waals surface area (Å²) in [6.07, 6.45) is 6.75. The molecular weight excluding hydrogens is 989 g/mol. The zero-order chi connectivity index (χ0) is 54.5. The first kappa shape index (κ1) is 55.9. The quantitative estimate of drug-likeness (QED) is 0.0330. The highest BCUT2D eigenvalue weighted by molar-refractivity contribution is 7.13. The zero-order valence-corrected chi connectivity index (χ0v) is 45.1. The first-order valence-corrected chi connectivity index (χ1v) is 26.3. The molecule has 76 heavy (non-hydrogen) atoms. The van der Waals surface area contributed by atoms with E-state index in [1.54, 1.807) is 53.8 Å². The van der Waals surface area contributed by atoms with Gasteiger partial charge in [-0.1, -0.05) is 76.4 Å². The van der Waals surface area contributed by atoms with E-state index in [9.17, 15) is 29.1 Å². The number of anilines is 4. The maximum atomic E-state index is 14.1. The number of rotatable bonds is 23. The van der Waals surface area contributed by atoms with Gasteiger partial charge in [0.25, 0.3) is 5.91 Å². The standard InChI is InChI=1S/C54H68N14O7S/c1-32(35-20-22-36(23-21-35)48-33(2)59-31-76-48)60-51(72)41-25-37(69)29-68(41)53(74)49(54(3,4)5)63-45(71)18-13-11-9-10-12-17-44(70)57-28-34-19-24-42(56-27-34)62-43-26-40(46(65-64-43)52(73)55-6)61-39-16-14-15-38(47(39)75-8)50-58-30-67(7)66-50/h14-16,19-24,26-27,30-32,37,41,49,69H,9-13,17-18,25,28-29H2,1-8H3,(H,55,73)(H,57,70)(H,60,72)(H,63,71)(H2,56,61,62,64)/t32-,37+,41-,49+/m0/s1. The number of thiazole rings is 1. The SMILES string of the molecule is CNC(=O)c1nnc(Nc2ccc(CNC(=O)CCCCCCCC(=O)N[C@H](C(=O)N3C[C@H](O)C[C@H]3C(=O)N[C@@H](C)c3ccc(-c4scnc4C)cc3)C(C)(C)C)cn2)cc1Nc1cccc(-c2ncn(C)n2)c1OC. The van der Waals surface area contributed by atoms with E-state index in [4.69, 9.17) is 4.74 Å². The van der Waals surface area contributed by atoms with Crippen LogP contribution < -0.4 is 36.6 Å². The highest BCUT2D eigenvalue weighted by Crippen LogP contribution is 2.37. The lowest BCUT2D eigenvalue weighted by atomic mass is 9.85. The third kappa shape index (κ3) is 14.5. The van der Waals surface area contributed by atoms with E-state index in [1.807, 2.05) is 82.6 Å². The summed E-state index contributed by atoms with van der Waals surface area (Å²) in [6, 6.07) is 16.5. The van der Waals surface area contributed by atoms with Crippen molar-refractivity contribution in [2.75, 3.05) is 31.3 Å². The largest absolute Gasteiger partial charge is 0.494 e. The molecule has 7 rings (SSSR count). The maximum Gasteiger partial charge on any atom is 0.273 e. The van der Waals surface area contributed by atoms with Crippen LogP contribution in [0.25, 0.3) is 21.8 Å². The second-order valence-electron chi connectivity index (χ2n) is 19.9. The summed E-state index contributed by atoms with van der Waals surface area (Å²) in [5.74, 6) is 0.173. The fourth-order valence-corrected chi connectivity index (χ4v) is 9.66. The third-order valence-electron chi connectivity index (χ3n) is 13.0. The molecule has 5 amide bonds. The van der Waals surface area contributed by atoms with Crippen molar-refractivity contribution < 1.29 is 33.8 Å². The third-order valence-corrected chi connectivity index (χ3v) is 14.0. The van der Waals surface area contributed by atoms with E-state index in [0.29, 0.717) is 66.0 Å². The van der Waals surface area contributed by atoms with Gasteiger partial charge in [0.2, 0.25) is 23.6 Å². The van der Waals surface area contributed by atoms with Crippen molar-refractivity contribution in [1.82, 2.24) is 61.1 Å². The smallest absolute Gasteiger partial charge is 0.273 e. The molecule has 0 radical (unpaired) electrons. The highest BCUT2D eigenvalue weighted by Gasteiger charge is 2.44. The summed E-state index contributed by atoms with van der Waals surface area (Å²) in [6.45, 7) is 9.73. The second-order valence-corrected chi connectivity index (χ2v) is 20.8. The second kappa shape index (κ2) is 25.6. The molecule has 2 aromatic carbocycles. The lowest BCUT2D eigenvalue weighted by Gasteiger charge is -2.35. The first-order valence-electron chi connectivity index (χ1n) is 25.4. The average molecular weight is 1060 g/mol. The van der Waals surface area contributed by atoms with Crippen molar-refractivity contribution >= 4 is 63.9 Å². The molecule has 0 saturated carbocycles. The Balaban J connectivity index is 0.813. The number of para-hydroxylation sites is 1. The van der Waals surface area contributed by atoms with Gasteiger partial charge in [-0.2, -0.15) is 5.10 Å². The molecule has 0 aliphatic carbocycles. The van der Waals surface area contributed by atoms with E-state index >= 15 is 0 Å². The summed E-state index contributed by atoms with van der Waals surface area (Å²) < 4.78 is 7.34. The Hall–Kier alpha value is -7.85. The summed E-state index contributed by atoms with van der Waals surface area (Å²) in [5, 5.41) is 41.3. The molecule has 0 spiro atoms. The minimum absolute atomic E-state index is 0.00500. The zero-order valence-electron chi connectivity index (χ0n) is 44.3. The fourth-order valence-electron chi connectivity index (χ4n) is 8.85. The van der Waals surface area contributed by atoms with E-state index in [2.05, 4.69) is 62.1 Å². The van der Waals surface area contributed by atoms with E-state index < -0.39 is 35.4 Å². The number of pyridine rings is 1. The van der Waals surface area contributed by atoms with Gasteiger partial charge in [-0.05, 0) is 67.0 Å². The molecule has 1 saturated heterocycles. The minimum atomic E-state index is -0.908. The van der Waals surface area contributed by atoms with Crippen LogP contribution in [0.4, 0.5) is 23.0 Å². The van der Waals surface area contributed by atoms with Crippen LogP contribution in [-0.4, -0.2) is 113 Å². The van der Waals surface area contributed by atoms with Crippen LogP contribution in [0.3, 0.4) is 0 Å². The molecule has 5 heterocycles. The molecule has 1 fully saturated rings. The number of aliphatic hydroxyl groups excluding tert-OH is 1. The van der Waals surface area contributed by atoms with Gasteiger partial charge in [-0.3, -0.25) is 28.7 Å². The maximum absolute atomic E-state index is 14.1. The molecule has 0 bridgehead atoms. The normalized spacial score (nSPS) is 15.1. The summed E-state index contributed by atoms with van der Waals surface area (Å²) in [7, 11) is 4.82. The van der Waals surface area contributed by atoms with Crippen molar-refractivity contribution in [3.05, 3.63) is 101 Å². The van der Waals surface area contributed by atoms with Crippen LogP contribution in [0.2, 0.25) is 0 Å². The van der Waals surface area contributed by atoms with Crippen molar-refractivity contribution in [3.63, 3.8) is 0 Å². The molecule has 402 valence electrons. The van der Waals surface area contributed by atoms with Crippen LogP contribution >= 0.6 is 11.3 Å². The Labute approximate surface area is 446 Å². The Morgan fingerprint density at radius 2 is 1.61 bits per heavy atom. The molecule has 21 nitrogen and oxygen atoms in total. The summed E-state index contributed by atoms with van der Waals surface area (Å²) in [5.41, 5.74) is 6.46. The Morgan fingerprint density at radius 3 is 2.25 bits per heavy atom. The molecule has 1 aliphatic heterocycles. The number of nitrogens with one attached hydrogen (secondary N) is 6. The highest BCUT2D eigenvalue weighted by atomic mass is 32.1. The van der Waals surface area contributed by atoms with Crippen LogP contribution in [0.5, 0.6) is 5.75 Å². The summed E-state index contributed by atoms with van der Waals surface area (Å²) in [4.78, 5) is 82.3. The first-order chi connectivity index (χ1) is 36.4. The van der Waals surface area contributed by atoms with Crippen molar-refractivity contribution in [2.24, 2.45) is 12.5 Å². The van der Waals surface area contributed by atoms with Crippen LogP contribution in [0, 0.1) is 12.3 Å². The number of hydrogen-bond donors (Lipinski definition) is 7. The number of carbonyl (C=O) groups excluding carboxylic acids is 5. The van der Waals surface area contributed by atoms with E-state index in [-0.39, 0.29) is 48.8 Å². The van der Waals surface area contributed by atoms with Crippen molar-refractivity contribution in [3.8, 4) is 27.6 Å². The van der Waals surface area contributed by atoms with Gasteiger partial charge in [-0.15, -0.1) is 21.5 Å². The van der Waals surface area contributed by atoms with Gasteiger partial charge in [0, 0.05) is 58.7 Å². The minimum Gasteiger partial charge on any atom is -0.494 e. The number of likely N-dealkylation sites (tertiary alicyclic amines) is 1. The molecular formula is C54H68N14O7S. The predicted molar refractivity (Wildman–Crippen MR) is 290 cm³/mol. The van der Waals surface area contributed by atoms with Gasteiger partial charge in [0.1, 0.15) is 24.2 Å². The molecule has 4 atom stereocenters. The number of β-amino-alcohol motifs (C(OH)–C–C–N with tert-alkyl or cyclic N) is 1. The molecule has 6 aromatic rings. The van der Waals surface area contributed by atoms with Crippen molar-refractivity contribution in [1.29, 1.82) is 0 Å². The number of aromatic nitrogens is 7. The number of aryl methyl sites for hydroxylation is 2. The van der Waals surface area contributed by atoms with Gasteiger partial charge in [-0.25, -0.2) is 15.0 Å². The van der Waals surface area contributed by atoms with Gasteiger partial charge < -0.3 is 46.6 Å². The fraction of sp³-hybridized carbons (Fsp3) is 0.426. The van der Waals surface area contributed by atoms with Crippen LogP contribution in [0.1, 0.15) is 112 Å². The topological polar surface area (TPSA) is 272 Å². The number of nitrogens with zero attached hydrogens (tertiary/aromatic N) is 8. The number of aliphatic hydroxyl groups is 1. The predicted octanol–water partition coefficient (Wildman–Crippen LogP) is 6.67. The molecule has 1 aliphatic rings. The average Bonchev–Trinajstić information content (AvgIpc) is 4.16. The van der Waals surface area contributed by atoms with E-state index in [1.165, 1.54) is 19.1 Å². The number of hydrogen-bond acceptors (Lipinski definition) is 16. The van der Waals surface area contributed by atoms with Gasteiger partial charge in [0.05, 0.1) is 52.3 Å². The Morgan fingerprint density at radius 1 is 0.868 bits per heavy atom. The lowest BCUT2D eigenvalue weighted by molar-refractivity contribution is -0.144. The lowest BCUT2D eigenvalue weighted by Crippen LogP contribution is -2.57. The van der Waals surface area contributed by atoms with Crippen LogP contribution in [0.15, 0.2) is 78.7 Å². The number of methoxy groups -OCH3 is 1. The molecule has 4 aromatic heterocycles. The Kier molecular flexibility index (Phi) is 18.8. The number of unbranched alkanes of at least 4 members (excludes halogenated alkanes) is 4. The van der Waals surface area contributed by atoms with E-state index in [0.717, 1.165) is 46.5 Å². The Bertz CT molecular complexity index is 2980.